The van der Waals surface area contributed by atoms with E-state index in [9.17, 15) is 19.2 Å². The largest absolute Gasteiger partial charge is 0.449 e. The number of imide groups is 1. The number of ether oxygens (including phenoxy) is 1. The maximum absolute atomic E-state index is 13.4. The van der Waals surface area contributed by atoms with Gasteiger partial charge in [0.25, 0.3) is 5.91 Å². The number of guanidine groups is 1. The first kappa shape index (κ1) is 25.6. The Labute approximate surface area is 188 Å². The summed E-state index contributed by atoms with van der Waals surface area (Å²) in [6, 6.07) is -2.57. The van der Waals surface area contributed by atoms with E-state index in [0.29, 0.717) is 44.4 Å². The first-order valence-electron chi connectivity index (χ1n) is 11.4. The molecule has 1 saturated carbocycles. The minimum Gasteiger partial charge on any atom is -0.449 e. The second-order valence-electron chi connectivity index (χ2n) is 8.39. The van der Waals surface area contributed by atoms with Gasteiger partial charge in [0, 0.05) is 13.1 Å². The molecule has 6 N–H and O–H groups in total. The fourth-order valence-corrected chi connectivity index (χ4v) is 4.20. The maximum atomic E-state index is 13.4. The van der Waals surface area contributed by atoms with Gasteiger partial charge in [-0.3, -0.25) is 14.6 Å². The van der Waals surface area contributed by atoms with Crippen molar-refractivity contribution in [3.05, 3.63) is 0 Å². The van der Waals surface area contributed by atoms with Crippen molar-refractivity contribution in [2.75, 3.05) is 19.7 Å². The third-order valence-corrected chi connectivity index (χ3v) is 6.09. The quantitative estimate of drug-likeness (QED) is 0.171. The van der Waals surface area contributed by atoms with Gasteiger partial charge in [-0.2, -0.15) is 0 Å². The molecule has 0 unspecified atom stereocenters. The smallest absolute Gasteiger partial charge is 0.417 e. The van der Waals surface area contributed by atoms with Gasteiger partial charge in [-0.15, -0.1) is 0 Å². The third-order valence-electron chi connectivity index (χ3n) is 6.09. The van der Waals surface area contributed by atoms with Gasteiger partial charge in [-0.05, 0) is 44.9 Å². The van der Waals surface area contributed by atoms with Crippen molar-refractivity contribution in [3.63, 3.8) is 0 Å². The van der Waals surface area contributed by atoms with Crippen LogP contribution in [0.3, 0.4) is 0 Å². The van der Waals surface area contributed by atoms with Crippen molar-refractivity contribution < 1.29 is 23.9 Å². The second-order valence-corrected chi connectivity index (χ2v) is 8.39. The van der Waals surface area contributed by atoms with Gasteiger partial charge < -0.3 is 31.6 Å². The zero-order valence-electron chi connectivity index (χ0n) is 18.8. The molecule has 1 heterocycles. The van der Waals surface area contributed by atoms with E-state index in [4.69, 9.17) is 21.9 Å². The minimum atomic E-state index is -1.04. The monoisotopic (exact) mass is 452 g/mol. The molecular formula is C21H36N6O5. The SMILES string of the molecule is CCOC(=O)N(C(=O)[C@@H]1CCCN1C(=O)[C@H](N)CC1CCC1)[C@H](C=O)CCCN=C(N)N. The summed E-state index contributed by atoms with van der Waals surface area (Å²) >= 11 is 0. The van der Waals surface area contributed by atoms with Crippen LogP contribution in [-0.4, -0.2) is 77.8 Å². The topological polar surface area (TPSA) is 174 Å². The van der Waals surface area contributed by atoms with Crippen molar-refractivity contribution in [1.82, 2.24) is 9.80 Å². The number of amides is 3. The molecule has 11 nitrogen and oxygen atoms in total. The van der Waals surface area contributed by atoms with E-state index in [0.717, 1.165) is 24.2 Å². The Morgan fingerprint density at radius 1 is 1.22 bits per heavy atom. The third kappa shape index (κ3) is 6.65. The number of nitrogens with zero attached hydrogens (tertiary/aromatic N) is 3. The zero-order valence-corrected chi connectivity index (χ0v) is 18.8. The molecule has 0 aromatic heterocycles. The number of likely N-dealkylation sites (tertiary alicyclic amines) is 1. The van der Waals surface area contributed by atoms with Crippen LogP contribution in [0.4, 0.5) is 4.79 Å². The Kier molecular flexibility index (Phi) is 9.89. The summed E-state index contributed by atoms with van der Waals surface area (Å²) in [7, 11) is 0. The molecule has 2 fully saturated rings. The molecule has 1 aliphatic heterocycles. The maximum Gasteiger partial charge on any atom is 0.417 e. The normalized spacial score (nSPS) is 20.1. The average Bonchev–Trinajstić information content (AvgIpc) is 3.21. The molecule has 0 aromatic carbocycles. The Morgan fingerprint density at radius 3 is 2.50 bits per heavy atom. The molecule has 0 aromatic rings. The number of nitrogens with two attached hydrogens (primary N) is 3. The van der Waals surface area contributed by atoms with Gasteiger partial charge >= 0.3 is 6.09 Å². The van der Waals surface area contributed by atoms with Gasteiger partial charge in [-0.1, -0.05) is 19.3 Å². The van der Waals surface area contributed by atoms with Crippen LogP contribution in [-0.2, 0) is 19.1 Å². The number of aldehydes is 1. The van der Waals surface area contributed by atoms with E-state index in [2.05, 4.69) is 4.99 Å². The lowest BCUT2D eigenvalue weighted by atomic mass is 9.81. The first-order valence-corrected chi connectivity index (χ1v) is 11.4. The van der Waals surface area contributed by atoms with E-state index in [1.54, 1.807) is 6.92 Å². The van der Waals surface area contributed by atoms with Crippen LogP contribution in [0.5, 0.6) is 0 Å². The van der Waals surface area contributed by atoms with Crippen molar-refractivity contribution in [2.24, 2.45) is 28.1 Å². The van der Waals surface area contributed by atoms with Gasteiger partial charge in [0.1, 0.15) is 12.3 Å². The molecular weight excluding hydrogens is 416 g/mol. The summed E-state index contributed by atoms with van der Waals surface area (Å²) in [4.78, 5) is 56.9. The highest BCUT2D eigenvalue weighted by Gasteiger charge is 2.42. The van der Waals surface area contributed by atoms with E-state index in [-0.39, 0.29) is 31.4 Å². The Balaban J connectivity index is 2.13. The molecule has 32 heavy (non-hydrogen) atoms. The highest BCUT2D eigenvalue weighted by atomic mass is 16.6. The van der Waals surface area contributed by atoms with Gasteiger partial charge in [0.05, 0.1) is 18.7 Å². The molecule has 2 rings (SSSR count). The number of rotatable bonds is 11. The van der Waals surface area contributed by atoms with Crippen LogP contribution >= 0.6 is 0 Å². The fraction of sp³-hybridized carbons (Fsp3) is 0.762. The lowest BCUT2D eigenvalue weighted by Gasteiger charge is -2.34. The molecule has 3 atom stereocenters. The predicted octanol–water partition coefficient (Wildman–Crippen LogP) is 0.101. The molecule has 11 heteroatoms. The van der Waals surface area contributed by atoms with Gasteiger partial charge in [0.15, 0.2) is 5.96 Å². The van der Waals surface area contributed by atoms with Crippen molar-refractivity contribution in [1.29, 1.82) is 0 Å². The fourth-order valence-electron chi connectivity index (χ4n) is 4.20. The van der Waals surface area contributed by atoms with Crippen LogP contribution in [0.25, 0.3) is 0 Å². The molecule has 2 aliphatic rings. The highest BCUT2D eigenvalue weighted by molar-refractivity contribution is 5.99. The summed E-state index contributed by atoms with van der Waals surface area (Å²) < 4.78 is 5.04. The van der Waals surface area contributed by atoms with Crippen LogP contribution < -0.4 is 17.2 Å². The highest BCUT2D eigenvalue weighted by Crippen LogP contribution is 2.31. The summed E-state index contributed by atoms with van der Waals surface area (Å²) in [6.07, 6.45) is 5.09. The van der Waals surface area contributed by atoms with E-state index in [1.165, 1.54) is 4.90 Å². The zero-order chi connectivity index (χ0) is 23.7. The Bertz CT molecular complexity index is 707. The molecule has 0 bridgehead atoms. The van der Waals surface area contributed by atoms with Crippen molar-refractivity contribution >= 4 is 30.2 Å². The minimum absolute atomic E-state index is 0.0434. The lowest BCUT2D eigenvalue weighted by molar-refractivity contribution is -0.145. The number of hydrogen-bond acceptors (Lipinski definition) is 7. The van der Waals surface area contributed by atoms with Crippen LogP contribution in [0, 0.1) is 5.92 Å². The molecule has 1 aliphatic carbocycles. The molecule has 0 radical (unpaired) electrons. The number of carbonyl (C=O) groups is 4. The van der Waals surface area contributed by atoms with Gasteiger partial charge in [0.2, 0.25) is 5.91 Å². The van der Waals surface area contributed by atoms with Crippen LogP contribution in [0.2, 0.25) is 0 Å². The predicted molar refractivity (Wildman–Crippen MR) is 118 cm³/mol. The summed E-state index contributed by atoms with van der Waals surface area (Å²) in [5.74, 6) is -0.535. The Morgan fingerprint density at radius 2 is 1.94 bits per heavy atom. The second kappa shape index (κ2) is 12.4. The average molecular weight is 453 g/mol. The van der Waals surface area contributed by atoms with E-state index >= 15 is 0 Å². The van der Waals surface area contributed by atoms with E-state index in [1.807, 2.05) is 0 Å². The number of hydrogen-bond donors (Lipinski definition) is 3. The van der Waals surface area contributed by atoms with Crippen LogP contribution in [0.1, 0.15) is 58.3 Å². The van der Waals surface area contributed by atoms with Crippen molar-refractivity contribution in [3.8, 4) is 0 Å². The molecule has 180 valence electrons. The van der Waals surface area contributed by atoms with Gasteiger partial charge in [-0.25, -0.2) is 9.69 Å². The Hall–Kier alpha value is -2.69. The standard InChI is InChI=1S/C21H36N6O5/c1-2-32-21(31)27(15(13-28)8-4-10-25-20(23)24)19(30)17-9-5-11-26(17)18(29)16(22)12-14-6-3-7-14/h13-17H,2-12,22H2,1H3,(H4,23,24,25)/t15-,16+,17-/m0/s1. The summed E-state index contributed by atoms with van der Waals surface area (Å²) in [5, 5.41) is 0. The lowest BCUT2D eigenvalue weighted by Crippen LogP contribution is -2.56. The molecule has 3 amide bonds. The molecule has 0 spiro atoms. The van der Waals surface area contributed by atoms with Crippen LogP contribution in [0.15, 0.2) is 4.99 Å². The number of aliphatic imine (C=N–C) groups is 1. The van der Waals surface area contributed by atoms with Crippen molar-refractivity contribution in [2.45, 2.75) is 76.4 Å². The first-order chi connectivity index (χ1) is 15.3. The summed E-state index contributed by atoms with van der Waals surface area (Å²) in [6.45, 7) is 2.30. The number of carbonyl (C=O) groups excluding carboxylic acids is 4. The molecule has 1 saturated heterocycles. The summed E-state index contributed by atoms with van der Waals surface area (Å²) in [5.41, 5.74) is 16.8. The van der Waals surface area contributed by atoms with E-state index < -0.39 is 30.1 Å².